The van der Waals surface area contributed by atoms with Crippen molar-refractivity contribution in [1.82, 2.24) is 15.0 Å². The number of carbonyl (C=O) groups excluding carboxylic acids is 1. The fraction of sp³-hybridized carbons (Fsp3) is 0.217. The predicted molar refractivity (Wildman–Crippen MR) is 135 cm³/mol. The number of aromatic nitrogens is 3. The van der Waals surface area contributed by atoms with Gasteiger partial charge in [0, 0.05) is 30.3 Å². The molecule has 0 bridgehead atoms. The van der Waals surface area contributed by atoms with E-state index in [4.69, 9.17) is 5.73 Å². The van der Waals surface area contributed by atoms with Gasteiger partial charge in [0.2, 0.25) is 11.9 Å². The van der Waals surface area contributed by atoms with Crippen LogP contribution in [0.2, 0.25) is 0 Å². The first kappa shape index (κ1) is 26.4. The van der Waals surface area contributed by atoms with Gasteiger partial charge in [-0.2, -0.15) is 10.5 Å². The minimum absolute atomic E-state index is 0.0158. The van der Waals surface area contributed by atoms with Gasteiger partial charge in [-0.25, -0.2) is 28.1 Å². The van der Waals surface area contributed by atoms with Crippen molar-refractivity contribution in [2.24, 2.45) is 0 Å². The zero-order chi connectivity index (χ0) is 26.3. The molecule has 13 heteroatoms. The lowest BCUT2D eigenvalue weighted by Gasteiger charge is -2.15. The van der Waals surface area contributed by atoms with E-state index in [0.717, 1.165) is 0 Å². The van der Waals surface area contributed by atoms with Crippen molar-refractivity contribution in [3.63, 3.8) is 0 Å². The van der Waals surface area contributed by atoms with Crippen molar-refractivity contribution >= 4 is 45.1 Å². The minimum atomic E-state index is -3.88. The largest absolute Gasteiger partial charge is 0.383 e. The Morgan fingerprint density at radius 3 is 2.33 bits per heavy atom. The molecule has 3 aromatic rings. The number of amides is 1. The molecule has 0 saturated heterocycles. The summed E-state index contributed by atoms with van der Waals surface area (Å²) in [7, 11) is -3.88. The van der Waals surface area contributed by atoms with E-state index in [0.29, 0.717) is 22.0 Å². The molecule has 3 rings (SSSR count). The molecule has 0 atom stereocenters. The van der Waals surface area contributed by atoms with Crippen LogP contribution in [0.1, 0.15) is 42.9 Å². The Labute approximate surface area is 212 Å². The second-order valence-corrected chi connectivity index (χ2v) is 10.5. The summed E-state index contributed by atoms with van der Waals surface area (Å²) in [6.45, 7) is 3.72. The summed E-state index contributed by atoms with van der Waals surface area (Å²) in [4.78, 5) is 24.2. The number of sulfonamides is 1. The van der Waals surface area contributed by atoms with Crippen LogP contribution in [-0.2, 0) is 14.8 Å². The van der Waals surface area contributed by atoms with Crippen LogP contribution < -0.4 is 15.8 Å². The van der Waals surface area contributed by atoms with Gasteiger partial charge in [-0.15, -0.1) is 11.8 Å². The average molecular weight is 523 g/mol. The fourth-order valence-electron chi connectivity index (χ4n) is 3.22. The number of nitriles is 2. The van der Waals surface area contributed by atoms with Crippen molar-refractivity contribution in [2.75, 3.05) is 21.5 Å². The predicted octanol–water partition coefficient (Wildman–Crippen LogP) is 3.24. The number of rotatable bonds is 9. The summed E-state index contributed by atoms with van der Waals surface area (Å²) >= 11 is 1.20. The highest BCUT2D eigenvalue weighted by Gasteiger charge is 2.21. The second-order valence-electron chi connectivity index (χ2n) is 7.69. The van der Waals surface area contributed by atoms with Crippen molar-refractivity contribution in [3.8, 4) is 12.1 Å². The van der Waals surface area contributed by atoms with Gasteiger partial charge in [-0.1, -0.05) is 13.8 Å². The summed E-state index contributed by atoms with van der Waals surface area (Å²) in [5.41, 5.74) is 7.36. The number of hydrogen-bond acceptors (Lipinski definition) is 10. The summed E-state index contributed by atoms with van der Waals surface area (Å²) in [5, 5.41) is 22.1. The van der Waals surface area contributed by atoms with Gasteiger partial charge in [-0.3, -0.25) is 4.79 Å². The van der Waals surface area contributed by atoms with Gasteiger partial charge in [0.1, 0.15) is 23.0 Å². The van der Waals surface area contributed by atoms with Crippen molar-refractivity contribution in [2.45, 2.75) is 36.1 Å². The average Bonchev–Trinajstić information content (AvgIpc) is 2.84. The number of anilines is 3. The Hall–Kier alpha value is -4.20. The molecule has 0 spiro atoms. The molecule has 2 aromatic heterocycles. The lowest BCUT2D eigenvalue weighted by molar-refractivity contribution is -0.115. The van der Waals surface area contributed by atoms with Crippen LogP contribution in [0.5, 0.6) is 0 Å². The molecule has 184 valence electrons. The van der Waals surface area contributed by atoms with Crippen LogP contribution >= 0.6 is 11.8 Å². The normalized spacial score (nSPS) is 10.9. The number of carbonyl (C=O) groups is 1. The first-order valence-electron chi connectivity index (χ1n) is 10.6. The van der Waals surface area contributed by atoms with Crippen LogP contribution in [0, 0.1) is 22.7 Å². The van der Waals surface area contributed by atoms with Gasteiger partial charge in [0.25, 0.3) is 10.0 Å². The Bertz CT molecular complexity index is 1450. The van der Waals surface area contributed by atoms with Gasteiger partial charge < -0.3 is 11.1 Å². The summed E-state index contributed by atoms with van der Waals surface area (Å²) in [6.07, 6.45) is 2.93. The Morgan fingerprint density at radius 1 is 1.11 bits per heavy atom. The van der Waals surface area contributed by atoms with Crippen molar-refractivity contribution in [3.05, 3.63) is 59.4 Å². The molecular formula is C23H22N8O3S2. The minimum Gasteiger partial charge on any atom is -0.383 e. The maximum absolute atomic E-state index is 12.5. The van der Waals surface area contributed by atoms with E-state index in [-0.39, 0.29) is 46.0 Å². The molecule has 11 nitrogen and oxygen atoms in total. The van der Waals surface area contributed by atoms with Crippen LogP contribution in [-0.4, -0.2) is 35.0 Å². The number of nitrogens with one attached hydrogen (secondary N) is 2. The third kappa shape index (κ3) is 6.27. The van der Waals surface area contributed by atoms with Crippen LogP contribution in [0.15, 0.2) is 52.6 Å². The van der Waals surface area contributed by atoms with E-state index in [1.165, 1.54) is 48.4 Å². The molecule has 0 fully saturated rings. The van der Waals surface area contributed by atoms with Crippen LogP contribution in [0.3, 0.4) is 0 Å². The molecular weight excluding hydrogens is 500 g/mol. The zero-order valence-corrected chi connectivity index (χ0v) is 21.0. The van der Waals surface area contributed by atoms with Gasteiger partial charge in [-0.05, 0) is 41.8 Å². The van der Waals surface area contributed by atoms with E-state index < -0.39 is 10.0 Å². The quantitative estimate of drug-likeness (QED) is 0.352. The lowest BCUT2D eigenvalue weighted by atomic mass is 9.94. The molecule has 2 heterocycles. The molecule has 0 aliphatic rings. The van der Waals surface area contributed by atoms with Crippen molar-refractivity contribution in [1.29, 1.82) is 10.5 Å². The number of nitrogens with zero attached hydrogens (tertiary/aromatic N) is 5. The molecule has 0 aliphatic heterocycles. The number of nitrogens with two attached hydrogens (primary N) is 1. The smallest absolute Gasteiger partial charge is 0.264 e. The molecule has 0 aliphatic carbocycles. The van der Waals surface area contributed by atoms with E-state index in [2.05, 4.69) is 31.1 Å². The Balaban J connectivity index is 1.62. The molecule has 36 heavy (non-hydrogen) atoms. The first-order chi connectivity index (χ1) is 17.2. The van der Waals surface area contributed by atoms with E-state index in [1.807, 2.05) is 19.9 Å². The van der Waals surface area contributed by atoms with E-state index in [9.17, 15) is 23.7 Å². The maximum Gasteiger partial charge on any atom is 0.264 e. The second kappa shape index (κ2) is 11.5. The number of hydrogen-bond donors (Lipinski definition) is 3. The van der Waals surface area contributed by atoms with Crippen LogP contribution in [0.4, 0.5) is 17.5 Å². The fourth-order valence-corrected chi connectivity index (χ4v) is 5.12. The van der Waals surface area contributed by atoms with Gasteiger partial charge in [0.05, 0.1) is 16.0 Å². The molecule has 1 amide bonds. The lowest BCUT2D eigenvalue weighted by Crippen LogP contribution is -2.15. The topological polar surface area (TPSA) is 188 Å². The number of nitrogen functional groups attached to an aromatic ring is 1. The number of benzene rings is 1. The first-order valence-corrected chi connectivity index (χ1v) is 13.1. The monoisotopic (exact) mass is 522 g/mol. The third-order valence-electron chi connectivity index (χ3n) is 4.84. The van der Waals surface area contributed by atoms with Gasteiger partial charge in [0.15, 0.2) is 0 Å². The standard InChI is InChI=1S/C23H22N8O3S2/c1-14(2)20-17(12-24)21(26)30-22(18(20)13-25)35-11-8-19(32)29-15-4-6-16(7-5-15)36(33,34)31-23-27-9-3-10-28-23/h3-7,9-10,14H,8,11H2,1-2H3,(H2,26,30)(H,29,32)(H,27,28,31). The Morgan fingerprint density at radius 2 is 1.75 bits per heavy atom. The summed E-state index contributed by atoms with van der Waals surface area (Å²) in [5.74, 6) is -0.104. The number of thioether (sulfide) groups is 1. The molecule has 1 aromatic carbocycles. The van der Waals surface area contributed by atoms with E-state index in [1.54, 1.807) is 6.07 Å². The van der Waals surface area contributed by atoms with Crippen LogP contribution in [0.25, 0.3) is 0 Å². The highest BCUT2D eigenvalue weighted by Crippen LogP contribution is 2.33. The number of pyridine rings is 1. The van der Waals surface area contributed by atoms with E-state index >= 15 is 0 Å². The Kier molecular flexibility index (Phi) is 8.42. The third-order valence-corrected chi connectivity index (χ3v) is 7.16. The highest BCUT2D eigenvalue weighted by molar-refractivity contribution is 7.99. The molecule has 4 N–H and O–H groups in total. The molecule has 0 radical (unpaired) electrons. The summed E-state index contributed by atoms with van der Waals surface area (Å²) in [6, 6.07) is 11.3. The highest BCUT2D eigenvalue weighted by atomic mass is 32.2. The summed E-state index contributed by atoms with van der Waals surface area (Å²) < 4.78 is 27.2. The maximum atomic E-state index is 12.5. The molecule has 0 unspecified atom stereocenters. The zero-order valence-electron chi connectivity index (χ0n) is 19.4. The molecule has 0 saturated carbocycles. The van der Waals surface area contributed by atoms with Gasteiger partial charge >= 0.3 is 0 Å². The van der Waals surface area contributed by atoms with Crippen molar-refractivity contribution < 1.29 is 13.2 Å². The SMILES string of the molecule is CC(C)c1c(C#N)c(N)nc(SCCC(=O)Nc2ccc(S(=O)(=O)Nc3ncccn3)cc2)c1C#N.